The molecule has 1 aromatic heterocycles. The van der Waals surface area contributed by atoms with Gasteiger partial charge in [-0.15, -0.1) is 0 Å². The molecular formula is C22H30N2O4. The van der Waals surface area contributed by atoms with Gasteiger partial charge in [0.05, 0.1) is 25.7 Å². The lowest BCUT2D eigenvalue weighted by Crippen LogP contribution is -2.34. The molecular weight excluding hydrogens is 356 g/mol. The summed E-state index contributed by atoms with van der Waals surface area (Å²) in [4.78, 5) is 17.1. The molecule has 28 heavy (non-hydrogen) atoms. The van der Waals surface area contributed by atoms with Crippen LogP contribution in [0.4, 0.5) is 0 Å². The number of pyridine rings is 1. The van der Waals surface area contributed by atoms with Crippen LogP contribution in [-0.4, -0.2) is 38.3 Å². The van der Waals surface area contributed by atoms with Gasteiger partial charge in [-0.1, -0.05) is 26.0 Å². The highest BCUT2D eigenvalue weighted by atomic mass is 16.5. The van der Waals surface area contributed by atoms with Gasteiger partial charge in [0.2, 0.25) is 5.91 Å². The van der Waals surface area contributed by atoms with E-state index in [0.717, 1.165) is 11.1 Å². The number of amides is 1. The number of carbonyl (C=O) groups is 1. The number of nitrogens with zero attached hydrogens (tertiary/aromatic N) is 1. The number of rotatable bonds is 10. The fourth-order valence-corrected chi connectivity index (χ4v) is 3.09. The molecule has 2 rings (SSSR count). The minimum Gasteiger partial charge on any atom is -0.493 e. The SMILES string of the molecule is COCCOc1ccc([C@H](C)NC(=O)[C@H](c2cccnc2)C(C)C)cc1OC. The second-order valence-corrected chi connectivity index (χ2v) is 6.99. The zero-order valence-electron chi connectivity index (χ0n) is 17.3. The lowest BCUT2D eigenvalue weighted by atomic mass is 9.88. The zero-order valence-corrected chi connectivity index (χ0v) is 17.3. The van der Waals surface area contributed by atoms with Crippen molar-refractivity contribution in [2.24, 2.45) is 5.92 Å². The Hall–Kier alpha value is -2.60. The second kappa shape index (κ2) is 10.7. The lowest BCUT2D eigenvalue weighted by Gasteiger charge is -2.24. The molecule has 0 unspecified atom stereocenters. The molecule has 2 aromatic rings. The number of aromatic nitrogens is 1. The molecule has 6 nitrogen and oxygen atoms in total. The first kappa shape index (κ1) is 21.7. The molecule has 1 aromatic carbocycles. The van der Waals surface area contributed by atoms with Crippen LogP contribution in [0.25, 0.3) is 0 Å². The maximum absolute atomic E-state index is 13.0. The maximum atomic E-state index is 13.0. The Balaban J connectivity index is 2.12. The van der Waals surface area contributed by atoms with E-state index in [1.54, 1.807) is 26.6 Å². The third-order valence-electron chi connectivity index (χ3n) is 4.58. The molecule has 0 saturated carbocycles. The van der Waals surface area contributed by atoms with Crippen molar-refractivity contribution in [1.82, 2.24) is 10.3 Å². The van der Waals surface area contributed by atoms with Crippen molar-refractivity contribution >= 4 is 5.91 Å². The summed E-state index contributed by atoms with van der Waals surface area (Å²) in [7, 11) is 3.23. The number of carbonyl (C=O) groups excluding carboxylic acids is 1. The van der Waals surface area contributed by atoms with E-state index in [2.05, 4.69) is 10.3 Å². The van der Waals surface area contributed by atoms with Crippen LogP contribution >= 0.6 is 0 Å². The summed E-state index contributed by atoms with van der Waals surface area (Å²) >= 11 is 0. The highest BCUT2D eigenvalue weighted by Crippen LogP contribution is 2.31. The fraction of sp³-hybridized carbons (Fsp3) is 0.455. The molecule has 152 valence electrons. The predicted octanol–water partition coefficient (Wildman–Crippen LogP) is 3.73. The molecule has 6 heteroatoms. The van der Waals surface area contributed by atoms with E-state index in [9.17, 15) is 4.79 Å². The van der Waals surface area contributed by atoms with Gasteiger partial charge in [0.15, 0.2) is 11.5 Å². The highest BCUT2D eigenvalue weighted by Gasteiger charge is 2.26. The Morgan fingerprint density at radius 1 is 1.07 bits per heavy atom. The average Bonchev–Trinajstić information content (AvgIpc) is 2.68. The summed E-state index contributed by atoms with van der Waals surface area (Å²) in [6.45, 7) is 6.98. The molecule has 1 N–H and O–H groups in total. The van der Waals surface area contributed by atoms with Gasteiger partial charge >= 0.3 is 0 Å². The van der Waals surface area contributed by atoms with E-state index in [0.29, 0.717) is 24.7 Å². The molecule has 0 saturated heterocycles. The van der Waals surface area contributed by atoms with Crippen molar-refractivity contribution < 1.29 is 19.0 Å². The molecule has 0 aliphatic rings. The molecule has 1 amide bonds. The fourth-order valence-electron chi connectivity index (χ4n) is 3.09. The number of hydrogen-bond donors (Lipinski definition) is 1. The van der Waals surface area contributed by atoms with E-state index in [4.69, 9.17) is 14.2 Å². The average molecular weight is 386 g/mol. The Labute approximate surface area is 167 Å². The summed E-state index contributed by atoms with van der Waals surface area (Å²) in [5, 5.41) is 3.12. The summed E-state index contributed by atoms with van der Waals surface area (Å²) < 4.78 is 16.1. The van der Waals surface area contributed by atoms with Crippen LogP contribution in [-0.2, 0) is 9.53 Å². The molecule has 2 atom stereocenters. The first-order valence-corrected chi connectivity index (χ1v) is 9.47. The van der Waals surface area contributed by atoms with Gasteiger partial charge < -0.3 is 19.5 Å². The zero-order chi connectivity index (χ0) is 20.5. The van der Waals surface area contributed by atoms with E-state index in [1.165, 1.54) is 0 Å². The first-order chi connectivity index (χ1) is 13.5. The number of benzene rings is 1. The number of methoxy groups -OCH3 is 2. The van der Waals surface area contributed by atoms with Crippen LogP contribution in [0.1, 0.15) is 43.9 Å². The Kier molecular flexibility index (Phi) is 8.26. The Morgan fingerprint density at radius 2 is 1.86 bits per heavy atom. The topological polar surface area (TPSA) is 69.7 Å². The van der Waals surface area contributed by atoms with E-state index in [1.807, 2.05) is 51.1 Å². The van der Waals surface area contributed by atoms with Crippen LogP contribution < -0.4 is 14.8 Å². The van der Waals surface area contributed by atoms with Gasteiger partial charge in [0.25, 0.3) is 0 Å². The first-order valence-electron chi connectivity index (χ1n) is 9.47. The third kappa shape index (κ3) is 5.70. The van der Waals surface area contributed by atoms with Crippen LogP contribution in [0.3, 0.4) is 0 Å². The van der Waals surface area contributed by atoms with Crippen molar-refractivity contribution in [3.8, 4) is 11.5 Å². The predicted molar refractivity (Wildman–Crippen MR) is 109 cm³/mol. The van der Waals surface area contributed by atoms with Gasteiger partial charge in [-0.25, -0.2) is 0 Å². The number of nitrogens with one attached hydrogen (secondary N) is 1. The normalized spacial score (nSPS) is 13.1. The summed E-state index contributed by atoms with van der Waals surface area (Å²) in [5.41, 5.74) is 1.86. The molecule has 0 aliphatic heterocycles. The van der Waals surface area contributed by atoms with Gasteiger partial charge in [-0.05, 0) is 42.2 Å². The summed E-state index contributed by atoms with van der Waals surface area (Å²) in [6, 6.07) is 9.30. The molecule has 0 spiro atoms. The quantitative estimate of drug-likeness (QED) is 0.630. The Morgan fingerprint density at radius 3 is 2.46 bits per heavy atom. The van der Waals surface area contributed by atoms with Crippen LogP contribution in [0.5, 0.6) is 11.5 Å². The van der Waals surface area contributed by atoms with Crippen molar-refractivity contribution in [3.63, 3.8) is 0 Å². The summed E-state index contributed by atoms with van der Waals surface area (Å²) in [5.74, 6) is 1.16. The van der Waals surface area contributed by atoms with Crippen molar-refractivity contribution in [2.45, 2.75) is 32.7 Å². The summed E-state index contributed by atoms with van der Waals surface area (Å²) in [6.07, 6.45) is 3.47. The third-order valence-corrected chi connectivity index (χ3v) is 4.58. The van der Waals surface area contributed by atoms with Crippen LogP contribution in [0.15, 0.2) is 42.7 Å². The largest absolute Gasteiger partial charge is 0.493 e. The van der Waals surface area contributed by atoms with Gasteiger partial charge in [-0.3, -0.25) is 9.78 Å². The van der Waals surface area contributed by atoms with Crippen molar-refractivity contribution in [1.29, 1.82) is 0 Å². The Bertz CT molecular complexity index is 749. The standard InChI is InChI=1S/C22H30N2O4/c1-15(2)21(18-7-6-10-23-14-18)22(25)24-16(3)17-8-9-19(20(13-17)27-5)28-12-11-26-4/h6-10,13-16,21H,11-12H2,1-5H3,(H,24,25)/t16-,21-/m0/s1. The minimum atomic E-state index is -0.255. The van der Waals surface area contributed by atoms with Gasteiger partial charge in [0.1, 0.15) is 6.61 Å². The smallest absolute Gasteiger partial charge is 0.228 e. The molecule has 0 radical (unpaired) electrons. The molecule has 0 fully saturated rings. The van der Waals surface area contributed by atoms with Gasteiger partial charge in [0, 0.05) is 19.5 Å². The van der Waals surface area contributed by atoms with Crippen molar-refractivity contribution in [3.05, 3.63) is 53.9 Å². The van der Waals surface area contributed by atoms with E-state index < -0.39 is 0 Å². The minimum absolute atomic E-state index is 0.0186. The van der Waals surface area contributed by atoms with Gasteiger partial charge in [-0.2, -0.15) is 0 Å². The number of ether oxygens (including phenoxy) is 3. The molecule has 1 heterocycles. The number of hydrogen-bond acceptors (Lipinski definition) is 5. The molecule has 0 bridgehead atoms. The lowest BCUT2D eigenvalue weighted by molar-refractivity contribution is -0.124. The van der Waals surface area contributed by atoms with E-state index >= 15 is 0 Å². The maximum Gasteiger partial charge on any atom is 0.228 e. The second-order valence-electron chi connectivity index (χ2n) is 6.99. The van der Waals surface area contributed by atoms with E-state index in [-0.39, 0.29) is 23.8 Å². The molecule has 0 aliphatic carbocycles. The van der Waals surface area contributed by atoms with Crippen LogP contribution in [0.2, 0.25) is 0 Å². The highest BCUT2D eigenvalue weighted by molar-refractivity contribution is 5.84. The van der Waals surface area contributed by atoms with Crippen molar-refractivity contribution in [2.75, 3.05) is 27.4 Å². The van der Waals surface area contributed by atoms with Crippen LogP contribution in [0, 0.1) is 5.92 Å². The monoisotopic (exact) mass is 386 g/mol.